The van der Waals surface area contributed by atoms with Crippen molar-refractivity contribution in [1.82, 2.24) is 19.5 Å². The van der Waals surface area contributed by atoms with Crippen molar-refractivity contribution in [2.75, 3.05) is 11.9 Å². The summed E-state index contributed by atoms with van der Waals surface area (Å²) in [5.41, 5.74) is 3.25. The van der Waals surface area contributed by atoms with Crippen molar-refractivity contribution < 1.29 is 28.5 Å². The molecule has 2 aromatic heterocycles. The van der Waals surface area contributed by atoms with E-state index in [4.69, 9.17) is 23.7 Å². The molecule has 0 aliphatic carbocycles. The van der Waals surface area contributed by atoms with Crippen LogP contribution in [-0.4, -0.2) is 62.5 Å². The minimum absolute atomic E-state index is 0.00871. The number of carbonyl (C=O) groups excluding carboxylic acids is 1. The van der Waals surface area contributed by atoms with Gasteiger partial charge in [0, 0.05) is 6.54 Å². The van der Waals surface area contributed by atoms with Crippen molar-refractivity contribution in [1.29, 1.82) is 0 Å². The third-order valence-corrected chi connectivity index (χ3v) is 7.39. The average Bonchev–Trinajstić information content (AvgIpc) is 3.65. The van der Waals surface area contributed by atoms with Gasteiger partial charge >= 0.3 is 5.97 Å². The standard InChI is InChI=1S/C31H35N5O6/c1-4-38-23(37)15-22(36-19-35-24-28(33-18-34-29(24)36)32-16-20-11-7-5-8-12-20)25-26(39-17-21-13-9-6-10-14-21)27-30(40-25)42-31(2,3)41-27/h5-14,18-19,22,25-27,30H,4,15-17H2,1-3H3,(H,32,33,34)/t22-,25-,26+,27-,30-/m1/s1. The smallest absolute Gasteiger partial charge is 0.307 e. The van der Waals surface area contributed by atoms with Crippen LogP contribution in [0.2, 0.25) is 0 Å². The van der Waals surface area contributed by atoms with Gasteiger partial charge in [0.15, 0.2) is 23.5 Å². The second-order valence-electron chi connectivity index (χ2n) is 10.8. The molecule has 220 valence electrons. The van der Waals surface area contributed by atoms with Crippen molar-refractivity contribution in [3.63, 3.8) is 0 Å². The predicted octanol–water partition coefficient (Wildman–Crippen LogP) is 4.39. The zero-order valence-electron chi connectivity index (χ0n) is 23.9. The van der Waals surface area contributed by atoms with Crippen molar-refractivity contribution in [3.05, 3.63) is 84.4 Å². The maximum Gasteiger partial charge on any atom is 0.307 e. The van der Waals surface area contributed by atoms with Gasteiger partial charge in [0.1, 0.15) is 30.2 Å². The lowest BCUT2D eigenvalue weighted by Crippen LogP contribution is -2.42. The number of hydrogen-bond acceptors (Lipinski definition) is 10. The third-order valence-electron chi connectivity index (χ3n) is 7.39. The lowest BCUT2D eigenvalue weighted by Gasteiger charge is -2.31. The second kappa shape index (κ2) is 12.1. The fourth-order valence-electron chi connectivity index (χ4n) is 5.54. The number of benzene rings is 2. The summed E-state index contributed by atoms with van der Waals surface area (Å²) in [5.74, 6) is -0.614. The van der Waals surface area contributed by atoms with Gasteiger partial charge < -0.3 is 33.6 Å². The molecule has 0 bridgehead atoms. The van der Waals surface area contributed by atoms with Crippen LogP contribution in [-0.2, 0) is 41.6 Å². The number of esters is 1. The highest BCUT2D eigenvalue weighted by Crippen LogP contribution is 2.43. The van der Waals surface area contributed by atoms with Crippen molar-refractivity contribution >= 4 is 23.0 Å². The number of rotatable bonds is 11. The molecule has 11 nitrogen and oxygen atoms in total. The number of imidazole rings is 1. The number of aromatic nitrogens is 4. The maximum absolute atomic E-state index is 12.9. The van der Waals surface area contributed by atoms with Gasteiger partial charge in [-0.25, -0.2) is 15.0 Å². The van der Waals surface area contributed by atoms with E-state index in [0.717, 1.165) is 11.1 Å². The quantitative estimate of drug-likeness (QED) is 0.259. The van der Waals surface area contributed by atoms with E-state index in [2.05, 4.69) is 20.3 Å². The van der Waals surface area contributed by atoms with Crippen LogP contribution in [0.4, 0.5) is 5.82 Å². The molecule has 11 heteroatoms. The lowest BCUT2D eigenvalue weighted by molar-refractivity contribution is -0.225. The molecule has 42 heavy (non-hydrogen) atoms. The highest BCUT2D eigenvalue weighted by atomic mass is 16.8. The fraction of sp³-hybridized carbons (Fsp3) is 0.419. The molecule has 6 rings (SSSR count). The van der Waals surface area contributed by atoms with Gasteiger partial charge in [-0.05, 0) is 31.9 Å². The van der Waals surface area contributed by atoms with Gasteiger partial charge in [0.2, 0.25) is 0 Å². The van der Waals surface area contributed by atoms with E-state index in [1.54, 1.807) is 13.3 Å². The van der Waals surface area contributed by atoms with Crippen LogP contribution in [0.1, 0.15) is 44.4 Å². The normalized spacial score (nSPS) is 23.5. The summed E-state index contributed by atoms with van der Waals surface area (Å²) in [6.07, 6.45) is 0.818. The maximum atomic E-state index is 12.9. The fourth-order valence-corrected chi connectivity index (χ4v) is 5.54. The Morgan fingerprint density at radius 1 is 1.02 bits per heavy atom. The molecule has 2 saturated heterocycles. The van der Waals surface area contributed by atoms with Crippen molar-refractivity contribution in [2.24, 2.45) is 0 Å². The molecular weight excluding hydrogens is 538 g/mol. The van der Waals surface area contributed by atoms with E-state index < -0.39 is 36.4 Å². The molecule has 4 heterocycles. The molecule has 2 fully saturated rings. The molecule has 1 N–H and O–H groups in total. The summed E-state index contributed by atoms with van der Waals surface area (Å²) in [4.78, 5) is 26.6. The summed E-state index contributed by atoms with van der Waals surface area (Å²) in [7, 11) is 0. The van der Waals surface area contributed by atoms with Gasteiger partial charge in [-0.2, -0.15) is 0 Å². The number of fused-ring (bicyclic) bond motifs is 2. The monoisotopic (exact) mass is 573 g/mol. The van der Waals surface area contributed by atoms with E-state index in [1.807, 2.05) is 79.1 Å². The SMILES string of the molecule is CCOC(=O)C[C@H]([C@H]1O[C@@H]2OC(C)(C)O[C@@H]2[C@H]1OCc1ccccc1)n1cnc2c(NCc3ccccc3)ncnc21. The Bertz CT molecular complexity index is 1500. The Hall–Kier alpha value is -3.90. The molecular formula is C31H35N5O6. The first-order chi connectivity index (χ1) is 20.4. The van der Waals surface area contributed by atoms with Gasteiger partial charge in [-0.3, -0.25) is 4.79 Å². The Balaban J connectivity index is 1.33. The average molecular weight is 574 g/mol. The van der Waals surface area contributed by atoms with Crippen LogP contribution in [0.15, 0.2) is 73.3 Å². The van der Waals surface area contributed by atoms with Crippen LogP contribution < -0.4 is 5.32 Å². The molecule has 4 aromatic rings. The number of hydrogen-bond donors (Lipinski definition) is 1. The molecule has 0 saturated carbocycles. The van der Waals surface area contributed by atoms with Crippen LogP contribution >= 0.6 is 0 Å². The molecule has 2 aromatic carbocycles. The summed E-state index contributed by atoms with van der Waals surface area (Å²) < 4.78 is 32.5. The third kappa shape index (κ3) is 6.00. The summed E-state index contributed by atoms with van der Waals surface area (Å²) in [6, 6.07) is 19.3. The number of anilines is 1. The molecule has 0 radical (unpaired) electrons. The van der Waals surface area contributed by atoms with E-state index >= 15 is 0 Å². The molecule has 0 unspecified atom stereocenters. The Labute approximate surface area is 244 Å². The predicted molar refractivity (Wildman–Crippen MR) is 153 cm³/mol. The number of ether oxygens (including phenoxy) is 5. The first kappa shape index (κ1) is 28.2. The first-order valence-corrected chi connectivity index (χ1v) is 14.2. The minimum atomic E-state index is -0.834. The number of carbonyl (C=O) groups is 1. The first-order valence-electron chi connectivity index (χ1n) is 14.2. The van der Waals surface area contributed by atoms with Crippen molar-refractivity contribution in [3.8, 4) is 0 Å². The number of nitrogens with one attached hydrogen (secondary N) is 1. The molecule has 0 spiro atoms. The van der Waals surface area contributed by atoms with Crippen molar-refractivity contribution in [2.45, 2.75) is 76.8 Å². The Kier molecular flexibility index (Phi) is 8.16. The van der Waals surface area contributed by atoms with Gasteiger partial charge in [-0.15, -0.1) is 0 Å². The van der Waals surface area contributed by atoms with Crippen LogP contribution in [0.3, 0.4) is 0 Å². The Morgan fingerprint density at radius 3 is 2.50 bits per heavy atom. The lowest BCUT2D eigenvalue weighted by atomic mass is 10.00. The van der Waals surface area contributed by atoms with Crippen LogP contribution in [0.5, 0.6) is 0 Å². The van der Waals surface area contributed by atoms with E-state index in [-0.39, 0.29) is 19.0 Å². The van der Waals surface area contributed by atoms with Gasteiger partial charge in [0.05, 0.1) is 32.0 Å². The number of nitrogens with zero attached hydrogens (tertiary/aromatic N) is 4. The molecule has 0 amide bonds. The highest BCUT2D eigenvalue weighted by Gasteiger charge is 2.57. The van der Waals surface area contributed by atoms with Gasteiger partial charge in [-0.1, -0.05) is 60.7 Å². The summed E-state index contributed by atoms with van der Waals surface area (Å²) in [6.45, 7) is 6.64. The second-order valence-corrected chi connectivity index (χ2v) is 10.8. The molecule has 2 aliphatic rings. The zero-order chi connectivity index (χ0) is 29.1. The molecule has 5 atom stereocenters. The summed E-state index contributed by atoms with van der Waals surface area (Å²) >= 11 is 0. The Morgan fingerprint density at radius 2 is 1.76 bits per heavy atom. The minimum Gasteiger partial charge on any atom is -0.466 e. The van der Waals surface area contributed by atoms with E-state index in [1.165, 1.54) is 6.33 Å². The van der Waals surface area contributed by atoms with E-state index in [9.17, 15) is 4.79 Å². The zero-order valence-corrected chi connectivity index (χ0v) is 23.9. The topological polar surface area (TPSA) is 119 Å². The van der Waals surface area contributed by atoms with E-state index in [0.29, 0.717) is 30.1 Å². The highest BCUT2D eigenvalue weighted by molar-refractivity contribution is 5.83. The van der Waals surface area contributed by atoms with Gasteiger partial charge in [0.25, 0.3) is 0 Å². The largest absolute Gasteiger partial charge is 0.466 e. The summed E-state index contributed by atoms with van der Waals surface area (Å²) in [5, 5.41) is 3.36. The van der Waals surface area contributed by atoms with Crippen LogP contribution in [0, 0.1) is 0 Å². The van der Waals surface area contributed by atoms with Crippen LogP contribution in [0.25, 0.3) is 11.2 Å². The molecule has 2 aliphatic heterocycles.